The first-order valence-corrected chi connectivity index (χ1v) is 11.2. The molecule has 3 amide bonds. The van der Waals surface area contributed by atoms with Gasteiger partial charge in [-0.2, -0.15) is 0 Å². The van der Waals surface area contributed by atoms with Gasteiger partial charge in [-0.25, -0.2) is 4.98 Å². The highest BCUT2D eigenvalue weighted by atomic mass is 16.2. The fourth-order valence-corrected chi connectivity index (χ4v) is 4.82. The third-order valence-corrected chi connectivity index (χ3v) is 6.63. The third kappa shape index (κ3) is 3.72. The van der Waals surface area contributed by atoms with Crippen molar-refractivity contribution in [2.24, 2.45) is 0 Å². The Morgan fingerprint density at radius 1 is 1.15 bits per heavy atom. The highest BCUT2D eigenvalue weighted by molar-refractivity contribution is 6.07. The lowest BCUT2D eigenvalue weighted by Crippen LogP contribution is -2.35. The third-order valence-electron chi connectivity index (χ3n) is 6.63. The minimum absolute atomic E-state index is 0.0393. The van der Waals surface area contributed by atoms with Gasteiger partial charge >= 0.3 is 0 Å². The highest BCUT2D eigenvalue weighted by Crippen LogP contribution is 2.46. The Balaban J connectivity index is 1.31. The van der Waals surface area contributed by atoms with Gasteiger partial charge in [0.25, 0.3) is 5.91 Å². The summed E-state index contributed by atoms with van der Waals surface area (Å²) in [7, 11) is 1.83. The number of benzene rings is 2. The minimum atomic E-state index is -0.658. The molecular weight excluding hydrogens is 430 g/mol. The van der Waals surface area contributed by atoms with E-state index in [-0.39, 0.29) is 11.8 Å². The summed E-state index contributed by atoms with van der Waals surface area (Å²) < 4.78 is 0. The summed E-state index contributed by atoms with van der Waals surface area (Å²) in [6.45, 7) is 1.24. The molecule has 2 aliphatic rings. The number of carbonyl (C=O) groups excluding carboxylic acids is 3. The Morgan fingerprint density at radius 3 is 2.71 bits per heavy atom. The van der Waals surface area contributed by atoms with E-state index in [9.17, 15) is 14.4 Å². The van der Waals surface area contributed by atoms with Crippen LogP contribution in [-0.4, -0.2) is 43.3 Å². The van der Waals surface area contributed by atoms with Crippen molar-refractivity contribution < 1.29 is 14.4 Å². The summed E-state index contributed by atoms with van der Waals surface area (Å²) in [5, 5.41) is 8.84. The van der Waals surface area contributed by atoms with Crippen LogP contribution >= 0.6 is 0 Å². The molecule has 1 unspecified atom stereocenters. The Kier molecular flexibility index (Phi) is 5.59. The molecule has 0 radical (unpaired) electrons. The molecule has 1 aliphatic carbocycles. The van der Waals surface area contributed by atoms with Crippen molar-refractivity contribution in [1.29, 1.82) is 0 Å². The van der Waals surface area contributed by atoms with Crippen LogP contribution in [0.3, 0.4) is 0 Å². The molecule has 34 heavy (non-hydrogen) atoms. The largest absolute Gasteiger partial charge is 0.322 e. The van der Waals surface area contributed by atoms with E-state index < -0.39 is 5.41 Å². The number of hydrogen-bond donors (Lipinski definition) is 3. The topological polar surface area (TPSA) is 103 Å². The molecule has 8 heteroatoms. The number of aromatic nitrogens is 1. The maximum atomic E-state index is 12.9. The van der Waals surface area contributed by atoms with Crippen molar-refractivity contribution in [3.63, 3.8) is 0 Å². The van der Waals surface area contributed by atoms with Crippen LogP contribution in [-0.2, 0) is 27.8 Å². The first kappa shape index (κ1) is 21.8. The molecule has 0 saturated heterocycles. The van der Waals surface area contributed by atoms with Gasteiger partial charge in [-0.1, -0.05) is 12.1 Å². The van der Waals surface area contributed by atoms with Crippen molar-refractivity contribution in [2.45, 2.75) is 18.3 Å². The summed E-state index contributed by atoms with van der Waals surface area (Å²) in [5.74, 6) is 0.361. The first-order valence-electron chi connectivity index (χ1n) is 11.2. The number of pyridine rings is 1. The molecule has 2 aromatic carbocycles. The lowest BCUT2D eigenvalue weighted by molar-refractivity contribution is -0.120. The summed E-state index contributed by atoms with van der Waals surface area (Å²) in [6, 6.07) is 16.6. The predicted octanol–water partition coefficient (Wildman–Crippen LogP) is 2.50. The Labute approximate surface area is 197 Å². The second-order valence-corrected chi connectivity index (χ2v) is 8.68. The molecule has 1 atom stereocenters. The molecule has 8 nitrogen and oxygen atoms in total. The molecule has 172 valence electrons. The van der Waals surface area contributed by atoms with E-state index >= 15 is 0 Å². The number of likely N-dealkylation sites (N-methyl/N-ethyl adjacent to an activating group) is 1. The van der Waals surface area contributed by atoms with E-state index in [4.69, 9.17) is 0 Å². The molecule has 0 bridgehead atoms. The molecule has 0 saturated carbocycles. The molecule has 5 rings (SSSR count). The number of carbonyl (C=O) groups is 3. The van der Waals surface area contributed by atoms with Crippen LogP contribution in [0.25, 0.3) is 0 Å². The number of rotatable bonds is 7. The van der Waals surface area contributed by atoms with Crippen molar-refractivity contribution >= 4 is 35.4 Å². The zero-order valence-corrected chi connectivity index (χ0v) is 18.8. The number of nitrogens with one attached hydrogen (secondary N) is 3. The number of hydrogen-bond acceptors (Lipinski definition) is 5. The van der Waals surface area contributed by atoms with E-state index in [0.717, 1.165) is 28.8 Å². The number of nitrogens with zero attached hydrogens (tertiary/aromatic N) is 2. The lowest BCUT2D eigenvalue weighted by Gasteiger charge is -2.20. The zero-order chi connectivity index (χ0) is 23.7. The van der Waals surface area contributed by atoms with E-state index in [0.29, 0.717) is 43.0 Å². The lowest BCUT2D eigenvalue weighted by atomic mass is 9.79. The van der Waals surface area contributed by atoms with Crippen molar-refractivity contribution in [1.82, 2.24) is 10.3 Å². The first-order chi connectivity index (χ1) is 16.5. The zero-order valence-electron chi connectivity index (χ0n) is 18.8. The van der Waals surface area contributed by atoms with Crippen LogP contribution in [0, 0.1) is 0 Å². The average molecular weight is 456 g/mol. The van der Waals surface area contributed by atoms with Gasteiger partial charge < -0.3 is 20.9 Å². The van der Waals surface area contributed by atoms with Gasteiger partial charge in [-0.05, 0) is 73.5 Å². The average Bonchev–Trinajstić information content (AvgIpc) is 3.37. The summed E-state index contributed by atoms with van der Waals surface area (Å²) in [6.07, 6.45) is 3.60. The van der Waals surface area contributed by atoms with Crippen LogP contribution in [0.1, 0.15) is 27.0 Å². The van der Waals surface area contributed by atoms with E-state index in [1.807, 2.05) is 31.3 Å². The van der Waals surface area contributed by atoms with Crippen LogP contribution in [0.15, 0.2) is 60.8 Å². The highest BCUT2D eigenvalue weighted by Gasteiger charge is 2.51. The van der Waals surface area contributed by atoms with E-state index in [2.05, 4.69) is 20.9 Å². The van der Waals surface area contributed by atoms with Crippen LogP contribution in [0.2, 0.25) is 0 Å². The minimum Gasteiger partial charge on any atom is -0.322 e. The smallest absolute Gasteiger partial charge is 0.255 e. The monoisotopic (exact) mass is 455 g/mol. The predicted molar refractivity (Wildman–Crippen MR) is 130 cm³/mol. The van der Waals surface area contributed by atoms with Crippen LogP contribution in [0.4, 0.5) is 17.2 Å². The van der Waals surface area contributed by atoms with Crippen molar-refractivity contribution in [3.8, 4) is 0 Å². The summed E-state index contributed by atoms with van der Waals surface area (Å²) >= 11 is 0. The molecule has 0 fully saturated rings. The molecular formula is C26H25N5O3. The second kappa shape index (κ2) is 8.72. The maximum absolute atomic E-state index is 12.9. The SMILES string of the molecule is CNCCN(C=O)c1ccc(NC(=O)c2ccc3c(c2)CC2(C3)C(=O)Nc3ncccc32)cc1. The van der Waals surface area contributed by atoms with Crippen LogP contribution in [0.5, 0.6) is 0 Å². The maximum Gasteiger partial charge on any atom is 0.255 e. The van der Waals surface area contributed by atoms with E-state index in [1.54, 1.807) is 41.4 Å². The molecule has 3 aromatic rings. The molecule has 1 spiro atoms. The van der Waals surface area contributed by atoms with Gasteiger partial charge in [0.05, 0.1) is 5.41 Å². The fraction of sp³-hybridized carbons (Fsp3) is 0.231. The van der Waals surface area contributed by atoms with Gasteiger partial charge in [0, 0.05) is 41.8 Å². The van der Waals surface area contributed by atoms with Crippen molar-refractivity contribution in [3.05, 3.63) is 83.0 Å². The molecule has 1 aromatic heterocycles. The van der Waals surface area contributed by atoms with Crippen molar-refractivity contribution in [2.75, 3.05) is 35.7 Å². The Hall–Kier alpha value is -4.04. The van der Waals surface area contributed by atoms with E-state index in [1.165, 1.54) is 0 Å². The summed E-state index contributed by atoms with van der Waals surface area (Å²) in [5.41, 5.74) is 4.27. The normalized spacial score (nSPS) is 17.7. The number of amides is 3. The van der Waals surface area contributed by atoms with Gasteiger partial charge in [0.15, 0.2) is 0 Å². The number of anilines is 3. The van der Waals surface area contributed by atoms with Gasteiger partial charge in [-0.15, -0.1) is 0 Å². The Morgan fingerprint density at radius 2 is 1.94 bits per heavy atom. The van der Waals surface area contributed by atoms with Crippen LogP contribution < -0.4 is 20.9 Å². The molecule has 3 N–H and O–H groups in total. The number of fused-ring (bicyclic) bond motifs is 3. The fourth-order valence-electron chi connectivity index (χ4n) is 4.82. The van der Waals surface area contributed by atoms with Gasteiger partial charge in [-0.3, -0.25) is 14.4 Å². The molecule has 1 aliphatic heterocycles. The van der Waals surface area contributed by atoms with Gasteiger partial charge in [0.1, 0.15) is 5.82 Å². The quantitative estimate of drug-likeness (QED) is 0.475. The Bertz CT molecular complexity index is 1270. The second-order valence-electron chi connectivity index (χ2n) is 8.68. The van der Waals surface area contributed by atoms with Gasteiger partial charge in [0.2, 0.25) is 12.3 Å². The molecule has 2 heterocycles. The standard InChI is InChI=1S/C26H25N5O3/c1-27-11-12-31(16-32)21-8-6-20(7-9-21)29-24(33)17-4-5-18-14-26(15-19(18)13-17)22-3-2-10-28-23(22)30-25(26)34/h2-10,13,16,27H,11-12,14-15H2,1H3,(H,29,33)(H,28,30,34). The summed E-state index contributed by atoms with van der Waals surface area (Å²) in [4.78, 5) is 43.0.